The highest BCUT2D eigenvalue weighted by Crippen LogP contribution is 2.23. The number of halogens is 3. The Morgan fingerprint density at radius 2 is 1.90 bits per heavy atom. The molecule has 0 aliphatic rings. The molecular weight excluding hydrogens is 361 g/mol. The Labute approximate surface area is 136 Å². The molecule has 0 heterocycles. The number of benzene rings is 2. The first-order chi connectivity index (χ1) is 9.58. The fourth-order valence-electron chi connectivity index (χ4n) is 1.70. The fraction of sp³-hybridized carbons (Fsp3) is 0.133. The Morgan fingerprint density at radius 1 is 1.20 bits per heavy atom. The summed E-state index contributed by atoms with van der Waals surface area (Å²) in [6, 6.07) is 14.7. The van der Waals surface area contributed by atoms with E-state index in [1.165, 1.54) is 0 Å². The minimum absolute atomic E-state index is 0.194. The number of amides is 1. The van der Waals surface area contributed by atoms with Gasteiger partial charge in [0.2, 0.25) is 0 Å². The van der Waals surface area contributed by atoms with Crippen molar-refractivity contribution >= 4 is 45.0 Å². The zero-order valence-corrected chi connectivity index (χ0v) is 13.5. The molecule has 1 N–H and O–H groups in total. The smallest absolute Gasteiger partial charge is 0.251 e. The monoisotopic (exact) mass is 371 g/mol. The van der Waals surface area contributed by atoms with Gasteiger partial charge in [-0.3, -0.25) is 4.79 Å². The van der Waals surface area contributed by atoms with Gasteiger partial charge in [-0.25, -0.2) is 0 Å². The summed E-state index contributed by atoms with van der Waals surface area (Å²) < 4.78 is 0.759. The molecule has 2 nitrogen and oxygen atoms in total. The van der Waals surface area contributed by atoms with Crippen molar-refractivity contribution in [3.05, 3.63) is 69.2 Å². The van der Waals surface area contributed by atoms with Gasteiger partial charge in [0.25, 0.3) is 5.91 Å². The molecule has 1 unspecified atom stereocenters. The molecule has 5 heteroatoms. The van der Waals surface area contributed by atoms with Crippen LogP contribution in [0.1, 0.15) is 21.3 Å². The number of hydrogen-bond acceptors (Lipinski definition) is 1. The molecule has 0 aliphatic heterocycles. The molecule has 2 aromatic rings. The van der Waals surface area contributed by atoms with Crippen LogP contribution in [0, 0.1) is 0 Å². The van der Waals surface area contributed by atoms with Gasteiger partial charge in [0.1, 0.15) is 0 Å². The summed E-state index contributed by atoms with van der Waals surface area (Å²) in [5, 5.41) is 3.04. The zero-order valence-electron chi connectivity index (χ0n) is 10.4. The predicted octanol–water partition coefficient (Wildman–Crippen LogP) is 4.81. The zero-order chi connectivity index (χ0) is 14.5. The SMILES string of the molecule is O=C(NCC(Cl)c1ccccc1)c1ccc(Br)c(Cl)c1. The molecule has 0 aliphatic carbocycles. The highest BCUT2D eigenvalue weighted by Gasteiger charge is 2.11. The predicted molar refractivity (Wildman–Crippen MR) is 86.5 cm³/mol. The molecule has 0 saturated heterocycles. The van der Waals surface area contributed by atoms with Crippen LogP contribution in [-0.4, -0.2) is 12.5 Å². The Balaban J connectivity index is 1.97. The number of hydrogen-bond donors (Lipinski definition) is 1. The van der Waals surface area contributed by atoms with Crippen molar-refractivity contribution in [2.24, 2.45) is 0 Å². The van der Waals surface area contributed by atoms with E-state index < -0.39 is 0 Å². The molecule has 0 spiro atoms. The molecule has 2 aromatic carbocycles. The number of alkyl halides is 1. The maximum absolute atomic E-state index is 12.0. The molecule has 1 atom stereocenters. The van der Waals surface area contributed by atoms with E-state index in [2.05, 4.69) is 21.2 Å². The molecular formula is C15H12BrCl2NO. The highest BCUT2D eigenvalue weighted by molar-refractivity contribution is 9.10. The minimum atomic E-state index is -0.258. The molecule has 2 rings (SSSR count). The molecule has 0 radical (unpaired) electrons. The maximum Gasteiger partial charge on any atom is 0.251 e. The van der Waals surface area contributed by atoms with Crippen LogP contribution in [0.25, 0.3) is 0 Å². The van der Waals surface area contributed by atoms with E-state index in [9.17, 15) is 4.79 Å². The first-order valence-electron chi connectivity index (χ1n) is 6.00. The molecule has 0 aromatic heterocycles. The second kappa shape index (κ2) is 7.11. The van der Waals surface area contributed by atoms with E-state index in [-0.39, 0.29) is 11.3 Å². The first-order valence-corrected chi connectivity index (χ1v) is 7.61. The van der Waals surface area contributed by atoms with Gasteiger partial charge in [-0.05, 0) is 39.7 Å². The van der Waals surface area contributed by atoms with Crippen molar-refractivity contribution in [3.63, 3.8) is 0 Å². The van der Waals surface area contributed by atoms with E-state index in [1.54, 1.807) is 18.2 Å². The van der Waals surface area contributed by atoms with Gasteiger partial charge >= 0.3 is 0 Å². The summed E-state index contributed by atoms with van der Waals surface area (Å²) in [6.07, 6.45) is 0. The number of rotatable bonds is 4. The van der Waals surface area contributed by atoms with Crippen molar-refractivity contribution in [2.75, 3.05) is 6.54 Å². The summed E-state index contributed by atoms with van der Waals surface area (Å²) >= 11 is 15.5. The van der Waals surface area contributed by atoms with Crippen LogP contribution < -0.4 is 5.32 Å². The van der Waals surface area contributed by atoms with Crippen molar-refractivity contribution in [1.82, 2.24) is 5.32 Å². The van der Waals surface area contributed by atoms with Crippen molar-refractivity contribution in [1.29, 1.82) is 0 Å². The van der Waals surface area contributed by atoms with Gasteiger partial charge in [0.15, 0.2) is 0 Å². The van der Waals surface area contributed by atoms with Gasteiger partial charge in [0, 0.05) is 16.6 Å². The Kier molecular flexibility index (Phi) is 5.46. The molecule has 20 heavy (non-hydrogen) atoms. The first kappa shape index (κ1) is 15.4. The molecule has 1 amide bonds. The Bertz CT molecular complexity index is 604. The summed E-state index contributed by atoms with van der Waals surface area (Å²) in [5.41, 5.74) is 1.48. The third kappa shape index (κ3) is 3.98. The standard InChI is InChI=1S/C15H12BrCl2NO/c16-12-7-6-11(8-13(12)17)15(20)19-9-14(18)10-4-2-1-3-5-10/h1-8,14H,9H2,(H,19,20). The van der Waals surface area contributed by atoms with E-state index in [1.807, 2.05) is 30.3 Å². The largest absolute Gasteiger partial charge is 0.350 e. The Hall–Kier alpha value is -1.03. The molecule has 104 valence electrons. The lowest BCUT2D eigenvalue weighted by atomic mass is 10.1. The lowest BCUT2D eigenvalue weighted by Gasteiger charge is -2.11. The van der Waals surface area contributed by atoms with Gasteiger partial charge in [-0.2, -0.15) is 0 Å². The number of carbonyl (C=O) groups is 1. The third-order valence-corrected chi connectivity index (χ3v) is 4.42. The lowest BCUT2D eigenvalue weighted by molar-refractivity contribution is 0.0953. The number of nitrogens with one attached hydrogen (secondary N) is 1. The topological polar surface area (TPSA) is 29.1 Å². The molecule has 0 bridgehead atoms. The Morgan fingerprint density at radius 3 is 2.55 bits per heavy atom. The van der Waals surface area contributed by atoms with Crippen LogP contribution in [0.15, 0.2) is 53.0 Å². The van der Waals surface area contributed by atoms with Crippen molar-refractivity contribution < 1.29 is 4.79 Å². The van der Waals surface area contributed by atoms with E-state index in [4.69, 9.17) is 23.2 Å². The van der Waals surface area contributed by atoms with Crippen LogP contribution in [0.4, 0.5) is 0 Å². The third-order valence-electron chi connectivity index (χ3n) is 2.78. The van der Waals surface area contributed by atoms with Gasteiger partial charge in [0.05, 0.1) is 10.4 Å². The van der Waals surface area contributed by atoms with Gasteiger partial charge in [-0.1, -0.05) is 41.9 Å². The quantitative estimate of drug-likeness (QED) is 0.766. The van der Waals surface area contributed by atoms with Crippen LogP contribution in [-0.2, 0) is 0 Å². The van der Waals surface area contributed by atoms with Crippen LogP contribution >= 0.6 is 39.1 Å². The second-order valence-electron chi connectivity index (χ2n) is 4.22. The van der Waals surface area contributed by atoms with Crippen molar-refractivity contribution in [3.8, 4) is 0 Å². The summed E-state index contributed by atoms with van der Waals surface area (Å²) in [6.45, 7) is 0.359. The van der Waals surface area contributed by atoms with E-state index in [0.717, 1.165) is 10.0 Å². The average molecular weight is 373 g/mol. The lowest BCUT2D eigenvalue weighted by Crippen LogP contribution is -2.26. The van der Waals surface area contributed by atoms with E-state index >= 15 is 0 Å². The summed E-state index contributed by atoms with van der Waals surface area (Å²) in [7, 11) is 0. The minimum Gasteiger partial charge on any atom is -0.350 e. The van der Waals surface area contributed by atoms with Crippen LogP contribution in [0.3, 0.4) is 0 Å². The molecule has 0 fully saturated rings. The van der Waals surface area contributed by atoms with Gasteiger partial charge in [-0.15, -0.1) is 11.6 Å². The van der Waals surface area contributed by atoms with Crippen LogP contribution in [0.2, 0.25) is 5.02 Å². The maximum atomic E-state index is 12.0. The normalized spacial score (nSPS) is 11.9. The summed E-state index contributed by atoms with van der Waals surface area (Å²) in [4.78, 5) is 12.0. The highest BCUT2D eigenvalue weighted by atomic mass is 79.9. The van der Waals surface area contributed by atoms with Crippen LogP contribution in [0.5, 0.6) is 0 Å². The fourth-order valence-corrected chi connectivity index (χ4v) is 2.35. The second-order valence-corrected chi connectivity index (χ2v) is 6.01. The van der Waals surface area contributed by atoms with E-state index in [0.29, 0.717) is 17.1 Å². The number of carbonyl (C=O) groups excluding carboxylic acids is 1. The molecule has 0 saturated carbocycles. The van der Waals surface area contributed by atoms with Gasteiger partial charge < -0.3 is 5.32 Å². The van der Waals surface area contributed by atoms with Crippen molar-refractivity contribution in [2.45, 2.75) is 5.38 Å². The average Bonchev–Trinajstić information content (AvgIpc) is 2.48. The summed E-state index contributed by atoms with van der Waals surface area (Å²) in [5.74, 6) is -0.194.